The molecule has 1 aromatic heterocycles. The van der Waals surface area contributed by atoms with Crippen LogP contribution in [-0.4, -0.2) is 23.6 Å². The Morgan fingerprint density at radius 2 is 1.86 bits per heavy atom. The number of hydrogen-bond acceptors (Lipinski definition) is 3. The molecule has 0 atom stereocenters. The molecule has 1 aromatic carbocycles. The highest BCUT2D eigenvalue weighted by Crippen LogP contribution is 2.24. The van der Waals surface area contributed by atoms with E-state index in [0.717, 1.165) is 24.4 Å². The number of hydrogen-bond donors (Lipinski definition) is 1. The fourth-order valence-corrected chi connectivity index (χ4v) is 2.63. The summed E-state index contributed by atoms with van der Waals surface area (Å²) in [5.74, 6) is 1.08. The van der Waals surface area contributed by atoms with E-state index in [1.807, 2.05) is 0 Å². The molecule has 2 rings (SSSR count). The number of para-hydroxylation sites is 1. The van der Waals surface area contributed by atoms with Crippen LogP contribution in [0.2, 0.25) is 0 Å². The minimum Gasteiger partial charge on any atom is -0.354 e. The molecule has 0 aliphatic carbocycles. The molecule has 21 heavy (non-hydrogen) atoms. The van der Waals surface area contributed by atoms with Crippen LogP contribution >= 0.6 is 0 Å². The molecule has 0 unspecified atom stereocenters. The van der Waals surface area contributed by atoms with Crippen LogP contribution in [0.25, 0.3) is 10.9 Å². The van der Waals surface area contributed by atoms with Gasteiger partial charge in [0.2, 0.25) is 0 Å². The lowest BCUT2D eigenvalue weighted by Crippen LogP contribution is -2.31. The van der Waals surface area contributed by atoms with Crippen molar-refractivity contribution in [3.63, 3.8) is 0 Å². The maximum atomic E-state index is 4.85. The molecule has 0 saturated heterocycles. The van der Waals surface area contributed by atoms with E-state index in [9.17, 15) is 0 Å². The Balaban J connectivity index is 2.48. The molecule has 3 heteroatoms. The standard InChI is InChI=1S/C18H27N3/c1-6-21(14(4)5)18-11-15(12-19-13(2)3)16-9-7-8-10-17(16)20-18/h7-11,13-14,19H,6,12H2,1-5H3. The third-order valence-electron chi connectivity index (χ3n) is 3.75. The molecule has 0 aliphatic heterocycles. The van der Waals surface area contributed by atoms with E-state index in [1.165, 1.54) is 10.9 Å². The SMILES string of the molecule is CCN(c1cc(CNC(C)C)c2ccccc2n1)C(C)C. The van der Waals surface area contributed by atoms with Crippen molar-refractivity contribution in [2.24, 2.45) is 0 Å². The van der Waals surface area contributed by atoms with Crippen LogP contribution in [0.4, 0.5) is 5.82 Å². The minimum absolute atomic E-state index is 0.453. The normalized spacial score (nSPS) is 11.6. The molecule has 3 nitrogen and oxygen atoms in total. The summed E-state index contributed by atoms with van der Waals surface area (Å²) in [4.78, 5) is 7.19. The Bertz CT molecular complexity index is 590. The first-order valence-electron chi connectivity index (χ1n) is 7.91. The molecule has 2 aromatic rings. The summed E-state index contributed by atoms with van der Waals surface area (Å²) in [6.07, 6.45) is 0. The number of fused-ring (bicyclic) bond motifs is 1. The highest BCUT2D eigenvalue weighted by Gasteiger charge is 2.13. The summed E-state index contributed by atoms with van der Waals surface area (Å²) in [5, 5.41) is 4.77. The van der Waals surface area contributed by atoms with E-state index in [4.69, 9.17) is 4.98 Å². The summed E-state index contributed by atoms with van der Waals surface area (Å²) in [7, 11) is 0. The first-order valence-corrected chi connectivity index (χ1v) is 7.91. The summed E-state index contributed by atoms with van der Waals surface area (Å²) >= 11 is 0. The van der Waals surface area contributed by atoms with Gasteiger partial charge >= 0.3 is 0 Å². The zero-order chi connectivity index (χ0) is 15.4. The maximum absolute atomic E-state index is 4.85. The van der Waals surface area contributed by atoms with Crippen LogP contribution in [0.15, 0.2) is 30.3 Å². The lowest BCUT2D eigenvalue weighted by Gasteiger charge is -2.27. The van der Waals surface area contributed by atoms with Gasteiger partial charge in [0.25, 0.3) is 0 Å². The molecular formula is C18H27N3. The van der Waals surface area contributed by atoms with Gasteiger partial charge in [-0.3, -0.25) is 0 Å². The highest BCUT2D eigenvalue weighted by atomic mass is 15.2. The van der Waals surface area contributed by atoms with Gasteiger partial charge in [0.15, 0.2) is 0 Å². The van der Waals surface area contributed by atoms with Gasteiger partial charge < -0.3 is 10.2 Å². The largest absolute Gasteiger partial charge is 0.354 e. The van der Waals surface area contributed by atoms with Gasteiger partial charge in [-0.05, 0) is 38.5 Å². The van der Waals surface area contributed by atoms with Crippen molar-refractivity contribution in [3.8, 4) is 0 Å². The molecule has 0 aliphatic rings. The van der Waals surface area contributed by atoms with E-state index in [2.05, 4.69) is 75.2 Å². The molecule has 1 N–H and O–H groups in total. The molecular weight excluding hydrogens is 258 g/mol. The number of anilines is 1. The monoisotopic (exact) mass is 285 g/mol. The first kappa shape index (κ1) is 15.8. The van der Waals surface area contributed by atoms with E-state index in [-0.39, 0.29) is 0 Å². The van der Waals surface area contributed by atoms with Gasteiger partial charge in [-0.2, -0.15) is 0 Å². The molecule has 0 radical (unpaired) electrons. The van der Waals surface area contributed by atoms with E-state index >= 15 is 0 Å². The van der Waals surface area contributed by atoms with Crippen LogP contribution in [0.1, 0.15) is 40.2 Å². The Hall–Kier alpha value is -1.61. The lowest BCUT2D eigenvalue weighted by atomic mass is 10.1. The van der Waals surface area contributed by atoms with Crippen molar-refractivity contribution in [1.82, 2.24) is 10.3 Å². The summed E-state index contributed by atoms with van der Waals surface area (Å²) < 4.78 is 0. The van der Waals surface area contributed by atoms with E-state index < -0.39 is 0 Å². The van der Waals surface area contributed by atoms with Gasteiger partial charge in [0.1, 0.15) is 5.82 Å². The van der Waals surface area contributed by atoms with E-state index in [0.29, 0.717) is 12.1 Å². The number of benzene rings is 1. The van der Waals surface area contributed by atoms with Gasteiger partial charge in [0, 0.05) is 30.6 Å². The van der Waals surface area contributed by atoms with Crippen molar-refractivity contribution in [2.45, 2.75) is 53.2 Å². The van der Waals surface area contributed by atoms with Gasteiger partial charge in [-0.1, -0.05) is 32.0 Å². The number of nitrogens with zero attached hydrogens (tertiary/aromatic N) is 2. The van der Waals surface area contributed by atoms with Crippen molar-refractivity contribution >= 4 is 16.7 Å². The van der Waals surface area contributed by atoms with Crippen molar-refractivity contribution in [3.05, 3.63) is 35.9 Å². The second-order valence-corrected chi connectivity index (χ2v) is 6.07. The second-order valence-electron chi connectivity index (χ2n) is 6.07. The molecule has 0 amide bonds. The Labute approximate surface area is 128 Å². The summed E-state index contributed by atoms with van der Waals surface area (Å²) in [5.41, 5.74) is 2.40. The molecule has 114 valence electrons. The summed E-state index contributed by atoms with van der Waals surface area (Å²) in [6.45, 7) is 12.8. The predicted molar refractivity (Wildman–Crippen MR) is 91.9 cm³/mol. The van der Waals surface area contributed by atoms with Crippen molar-refractivity contribution in [1.29, 1.82) is 0 Å². The molecule has 0 fully saturated rings. The van der Waals surface area contributed by atoms with Crippen molar-refractivity contribution < 1.29 is 0 Å². The third-order valence-corrected chi connectivity index (χ3v) is 3.75. The molecule has 1 heterocycles. The quantitative estimate of drug-likeness (QED) is 0.870. The van der Waals surface area contributed by atoms with Gasteiger partial charge in [-0.15, -0.1) is 0 Å². The van der Waals surface area contributed by atoms with Crippen LogP contribution in [0, 0.1) is 0 Å². The Morgan fingerprint density at radius 1 is 1.14 bits per heavy atom. The van der Waals surface area contributed by atoms with Crippen LogP contribution in [0.3, 0.4) is 0 Å². The van der Waals surface area contributed by atoms with E-state index in [1.54, 1.807) is 0 Å². The fourth-order valence-electron chi connectivity index (χ4n) is 2.63. The second kappa shape index (κ2) is 6.90. The lowest BCUT2D eigenvalue weighted by molar-refractivity contribution is 0.590. The smallest absolute Gasteiger partial charge is 0.129 e. The first-order chi connectivity index (χ1) is 10.0. The zero-order valence-corrected chi connectivity index (χ0v) is 13.9. The molecule has 0 bridgehead atoms. The number of aromatic nitrogens is 1. The Kier molecular flexibility index (Phi) is 5.18. The molecule has 0 saturated carbocycles. The van der Waals surface area contributed by atoms with Crippen LogP contribution < -0.4 is 10.2 Å². The fraction of sp³-hybridized carbons (Fsp3) is 0.500. The Morgan fingerprint density at radius 3 is 2.48 bits per heavy atom. The average molecular weight is 285 g/mol. The maximum Gasteiger partial charge on any atom is 0.129 e. The molecule has 0 spiro atoms. The van der Waals surface area contributed by atoms with Crippen LogP contribution in [0.5, 0.6) is 0 Å². The number of pyridine rings is 1. The minimum atomic E-state index is 0.453. The third kappa shape index (κ3) is 3.73. The predicted octanol–water partition coefficient (Wildman–Crippen LogP) is 3.97. The number of rotatable bonds is 6. The number of nitrogens with one attached hydrogen (secondary N) is 1. The highest BCUT2D eigenvalue weighted by molar-refractivity contribution is 5.84. The average Bonchev–Trinajstić information content (AvgIpc) is 2.45. The van der Waals surface area contributed by atoms with Crippen LogP contribution in [-0.2, 0) is 6.54 Å². The van der Waals surface area contributed by atoms with Gasteiger partial charge in [0.05, 0.1) is 5.52 Å². The van der Waals surface area contributed by atoms with Crippen molar-refractivity contribution in [2.75, 3.05) is 11.4 Å². The summed E-state index contributed by atoms with van der Waals surface area (Å²) in [6, 6.07) is 11.6. The topological polar surface area (TPSA) is 28.2 Å². The zero-order valence-electron chi connectivity index (χ0n) is 13.9. The van der Waals surface area contributed by atoms with Gasteiger partial charge in [-0.25, -0.2) is 4.98 Å².